The third-order valence-corrected chi connectivity index (χ3v) is 2.05. The molecule has 4 heteroatoms. The molecule has 0 radical (unpaired) electrons. The number of unbranched alkanes of at least 4 members (excludes halogenated alkanes) is 1. The van der Waals surface area contributed by atoms with E-state index in [0.29, 0.717) is 18.1 Å². The maximum absolute atomic E-state index is 11.6. The minimum atomic E-state index is -0.111. The number of carbonyl (C=O) groups excluding carboxylic acids is 1. The van der Waals surface area contributed by atoms with Crippen molar-refractivity contribution in [3.63, 3.8) is 0 Å². The Hall–Kier alpha value is -1.58. The molecule has 0 saturated heterocycles. The summed E-state index contributed by atoms with van der Waals surface area (Å²) >= 11 is 0. The molecule has 1 aromatic rings. The first-order chi connectivity index (χ1) is 7.27. The monoisotopic (exact) mass is 207 g/mol. The smallest absolute Gasteiger partial charge is 0.269 e. The summed E-state index contributed by atoms with van der Waals surface area (Å²) in [7, 11) is 1.78. The number of nitrogens with one attached hydrogen (secondary N) is 2. The van der Waals surface area contributed by atoms with E-state index in [2.05, 4.69) is 22.5 Å². The highest BCUT2D eigenvalue weighted by Gasteiger charge is 2.05. The van der Waals surface area contributed by atoms with Crippen molar-refractivity contribution < 1.29 is 4.79 Å². The largest absolute Gasteiger partial charge is 0.373 e. The lowest BCUT2D eigenvalue weighted by molar-refractivity contribution is 0.0948. The predicted molar refractivity (Wildman–Crippen MR) is 61.0 cm³/mol. The summed E-state index contributed by atoms with van der Waals surface area (Å²) in [4.78, 5) is 15.7. The van der Waals surface area contributed by atoms with Gasteiger partial charge in [0.2, 0.25) is 0 Å². The molecule has 0 fully saturated rings. The molecule has 1 aromatic heterocycles. The van der Waals surface area contributed by atoms with Crippen molar-refractivity contribution in [1.82, 2.24) is 10.3 Å². The van der Waals surface area contributed by atoms with E-state index in [0.717, 1.165) is 12.8 Å². The average molecular weight is 207 g/mol. The summed E-state index contributed by atoms with van der Waals surface area (Å²) in [6.07, 6.45) is 2.07. The Balaban J connectivity index is 2.57. The molecule has 0 saturated carbocycles. The normalized spacial score (nSPS) is 9.73. The quantitative estimate of drug-likeness (QED) is 0.722. The van der Waals surface area contributed by atoms with Gasteiger partial charge in [0.25, 0.3) is 5.91 Å². The molecule has 0 unspecified atom stereocenters. The van der Waals surface area contributed by atoms with Crippen molar-refractivity contribution in [2.24, 2.45) is 0 Å². The maximum atomic E-state index is 11.6. The second-order valence-corrected chi connectivity index (χ2v) is 3.27. The van der Waals surface area contributed by atoms with E-state index in [1.807, 2.05) is 12.1 Å². The third-order valence-electron chi connectivity index (χ3n) is 2.05. The standard InChI is InChI=1S/C11H17N3O/c1-3-4-8-13-11(15)9-6-5-7-10(12-2)14-9/h5-7H,3-4,8H2,1-2H3,(H,12,14)(H,13,15). The number of aromatic nitrogens is 1. The van der Waals surface area contributed by atoms with Gasteiger partial charge in [0, 0.05) is 13.6 Å². The zero-order valence-electron chi connectivity index (χ0n) is 9.21. The maximum Gasteiger partial charge on any atom is 0.269 e. The fourth-order valence-electron chi connectivity index (χ4n) is 1.17. The van der Waals surface area contributed by atoms with Crippen LogP contribution in [0.4, 0.5) is 5.82 Å². The highest BCUT2D eigenvalue weighted by molar-refractivity contribution is 5.92. The van der Waals surface area contributed by atoms with Gasteiger partial charge in [-0.2, -0.15) is 0 Å². The molecular formula is C11H17N3O. The first-order valence-corrected chi connectivity index (χ1v) is 5.21. The summed E-state index contributed by atoms with van der Waals surface area (Å²) in [5, 5.41) is 5.72. The molecule has 0 aliphatic carbocycles. The Morgan fingerprint density at radius 1 is 1.47 bits per heavy atom. The van der Waals surface area contributed by atoms with E-state index in [4.69, 9.17) is 0 Å². The molecular weight excluding hydrogens is 190 g/mol. The molecule has 0 aliphatic heterocycles. The van der Waals surface area contributed by atoms with Gasteiger partial charge in [-0.05, 0) is 18.6 Å². The second-order valence-electron chi connectivity index (χ2n) is 3.27. The van der Waals surface area contributed by atoms with Gasteiger partial charge >= 0.3 is 0 Å². The Morgan fingerprint density at radius 3 is 2.93 bits per heavy atom. The molecule has 2 N–H and O–H groups in total. The van der Waals surface area contributed by atoms with Crippen LogP contribution >= 0.6 is 0 Å². The molecule has 0 spiro atoms. The van der Waals surface area contributed by atoms with Crippen LogP contribution in [0.1, 0.15) is 30.3 Å². The molecule has 1 heterocycles. The molecule has 0 aromatic carbocycles. The van der Waals surface area contributed by atoms with Gasteiger partial charge in [-0.25, -0.2) is 4.98 Å². The van der Waals surface area contributed by atoms with Crippen molar-refractivity contribution in [2.45, 2.75) is 19.8 Å². The molecule has 1 amide bonds. The lowest BCUT2D eigenvalue weighted by Crippen LogP contribution is -2.25. The van der Waals surface area contributed by atoms with Crippen LogP contribution in [0.3, 0.4) is 0 Å². The van der Waals surface area contributed by atoms with Crippen molar-refractivity contribution in [2.75, 3.05) is 18.9 Å². The zero-order valence-corrected chi connectivity index (χ0v) is 9.21. The predicted octanol–water partition coefficient (Wildman–Crippen LogP) is 1.65. The highest BCUT2D eigenvalue weighted by atomic mass is 16.1. The Morgan fingerprint density at radius 2 is 2.27 bits per heavy atom. The van der Waals surface area contributed by atoms with E-state index >= 15 is 0 Å². The van der Waals surface area contributed by atoms with E-state index in [-0.39, 0.29) is 5.91 Å². The second kappa shape index (κ2) is 6.01. The van der Waals surface area contributed by atoms with Crippen LogP contribution in [0.2, 0.25) is 0 Å². The third kappa shape index (κ3) is 3.58. The molecule has 15 heavy (non-hydrogen) atoms. The van der Waals surface area contributed by atoms with Crippen molar-refractivity contribution >= 4 is 11.7 Å². The Bertz CT molecular complexity index is 325. The Kier molecular flexibility index (Phi) is 4.60. The van der Waals surface area contributed by atoms with E-state index in [1.165, 1.54) is 0 Å². The van der Waals surface area contributed by atoms with Crippen molar-refractivity contribution in [3.05, 3.63) is 23.9 Å². The van der Waals surface area contributed by atoms with Crippen LogP contribution in [-0.4, -0.2) is 24.5 Å². The van der Waals surface area contributed by atoms with Crippen LogP contribution in [-0.2, 0) is 0 Å². The van der Waals surface area contributed by atoms with Gasteiger partial charge < -0.3 is 10.6 Å². The fraction of sp³-hybridized carbons (Fsp3) is 0.455. The fourth-order valence-corrected chi connectivity index (χ4v) is 1.17. The lowest BCUT2D eigenvalue weighted by Gasteiger charge is -2.05. The summed E-state index contributed by atoms with van der Waals surface area (Å²) in [6, 6.07) is 5.35. The number of nitrogens with zero attached hydrogens (tertiary/aromatic N) is 1. The van der Waals surface area contributed by atoms with E-state index < -0.39 is 0 Å². The van der Waals surface area contributed by atoms with Crippen LogP contribution in [0.25, 0.3) is 0 Å². The topological polar surface area (TPSA) is 54.0 Å². The van der Waals surface area contributed by atoms with Crippen LogP contribution in [0.5, 0.6) is 0 Å². The summed E-state index contributed by atoms with van der Waals surface area (Å²) < 4.78 is 0. The first kappa shape index (κ1) is 11.5. The molecule has 0 atom stereocenters. The van der Waals surface area contributed by atoms with E-state index in [1.54, 1.807) is 13.1 Å². The van der Waals surface area contributed by atoms with Gasteiger partial charge in [0.1, 0.15) is 11.5 Å². The van der Waals surface area contributed by atoms with Crippen LogP contribution in [0, 0.1) is 0 Å². The molecule has 82 valence electrons. The van der Waals surface area contributed by atoms with Crippen molar-refractivity contribution in [3.8, 4) is 0 Å². The minimum absolute atomic E-state index is 0.111. The Labute approximate surface area is 90.1 Å². The summed E-state index contributed by atoms with van der Waals surface area (Å²) in [5.74, 6) is 0.596. The number of anilines is 1. The van der Waals surface area contributed by atoms with Crippen molar-refractivity contribution in [1.29, 1.82) is 0 Å². The van der Waals surface area contributed by atoms with E-state index in [9.17, 15) is 4.79 Å². The molecule has 1 rings (SSSR count). The molecule has 0 aliphatic rings. The number of hydrogen-bond acceptors (Lipinski definition) is 3. The van der Waals surface area contributed by atoms with Gasteiger partial charge in [-0.1, -0.05) is 19.4 Å². The molecule has 0 bridgehead atoms. The number of hydrogen-bond donors (Lipinski definition) is 2. The minimum Gasteiger partial charge on any atom is -0.373 e. The number of pyridine rings is 1. The number of amides is 1. The number of rotatable bonds is 5. The lowest BCUT2D eigenvalue weighted by atomic mass is 10.3. The molecule has 4 nitrogen and oxygen atoms in total. The van der Waals surface area contributed by atoms with Gasteiger partial charge in [0.15, 0.2) is 0 Å². The van der Waals surface area contributed by atoms with Gasteiger partial charge in [0.05, 0.1) is 0 Å². The number of carbonyl (C=O) groups is 1. The summed E-state index contributed by atoms with van der Waals surface area (Å²) in [6.45, 7) is 2.80. The van der Waals surface area contributed by atoms with Crippen LogP contribution in [0.15, 0.2) is 18.2 Å². The van der Waals surface area contributed by atoms with Gasteiger partial charge in [-0.15, -0.1) is 0 Å². The SMILES string of the molecule is CCCCNC(=O)c1cccc(NC)n1. The summed E-state index contributed by atoms with van der Waals surface area (Å²) in [5.41, 5.74) is 0.456. The zero-order chi connectivity index (χ0) is 11.1. The van der Waals surface area contributed by atoms with Crippen LogP contribution < -0.4 is 10.6 Å². The highest BCUT2D eigenvalue weighted by Crippen LogP contribution is 2.03. The van der Waals surface area contributed by atoms with Gasteiger partial charge in [-0.3, -0.25) is 4.79 Å². The average Bonchev–Trinajstić information content (AvgIpc) is 2.29. The first-order valence-electron chi connectivity index (χ1n) is 5.21.